The summed E-state index contributed by atoms with van der Waals surface area (Å²) in [6.07, 6.45) is 3.53. The zero-order valence-electron chi connectivity index (χ0n) is 14.9. The van der Waals surface area contributed by atoms with Gasteiger partial charge in [0.25, 0.3) is 11.8 Å². The van der Waals surface area contributed by atoms with Crippen LogP contribution in [0.3, 0.4) is 0 Å². The van der Waals surface area contributed by atoms with Gasteiger partial charge in [-0.05, 0) is 51.1 Å². The molecule has 146 valence electrons. The van der Waals surface area contributed by atoms with Crippen LogP contribution in [0.1, 0.15) is 46.7 Å². The number of piperidine rings is 1. The number of carbonyl (C=O) groups is 2. The van der Waals surface area contributed by atoms with Crippen LogP contribution in [-0.4, -0.2) is 46.4 Å². The van der Waals surface area contributed by atoms with E-state index in [2.05, 4.69) is 26.3 Å². The second kappa shape index (κ2) is 9.68. The van der Waals surface area contributed by atoms with Gasteiger partial charge in [-0.25, -0.2) is 4.68 Å². The molecule has 2 heterocycles. The lowest BCUT2D eigenvalue weighted by Gasteiger charge is -2.22. The Morgan fingerprint density at radius 3 is 2.74 bits per heavy atom. The molecule has 1 aliphatic rings. The molecular weight excluding hydrogens is 391 g/mol. The minimum Gasteiger partial charge on any atom is -0.352 e. The summed E-state index contributed by atoms with van der Waals surface area (Å²) in [6, 6.07) is 4.97. The molecule has 1 aliphatic heterocycles. The van der Waals surface area contributed by atoms with E-state index in [1.165, 1.54) is 0 Å². The highest BCUT2D eigenvalue weighted by Crippen LogP contribution is 2.22. The van der Waals surface area contributed by atoms with Gasteiger partial charge < -0.3 is 16.0 Å². The Morgan fingerprint density at radius 2 is 2.04 bits per heavy atom. The fourth-order valence-electron chi connectivity index (χ4n) is 2.89. The van der Waals surface area contributed by atoms with Crippen LogP contribution in [0.15, 0.2) is 24.4 Å². The summed E-state index contributed by atoms with van der Waals surface area (Å²) < 4.78 is 1.73. The molecule has 3 rings (SSSR count). The Bertz CT molecular complexity index is 804. The van der Waals surface area contributed by atoms with Crippen LogP contribution in [0.4, 0.5) is 5.69 Å². The molecular formula is C17H22Cl2N6O2. The number of nitrogens with one attached hydrogen (secondary N) is 3. The van der Waals surface area contributed by atoms with Crippen molar-refractivity contribution in [2.24, 2.45) is 0 Å². The number of carbonyl (C=O) groups excluding carboxylic acids is 2. The fraction of sp³-hybridized carbons (Fsp3) is 0.412. The molecule has 0 atom stereocenters. The van der Waals surface area contributed by atoms with Crippen LogP contribution in [0.2, 0.25) is 5.02 Å². The number of halogens is 2. The standard InChI is InChI=1S/C17H21ClN6O2.ClH/c1-2-20-16(25)13-4-3-11(18)9-14(13)21-17(26)15-10-24(23-22-15)12-5-7-19-8-6-12;/h3-4,9-10,12,19H,2,5-8H2,1H3,(H,20,25)(H,21,26);1H. The summed E-state index contributed by atoms with van der Waals surface area (Å²) in [5.74, 6) is -0.712. The summed E-state index contributed by atoms with van der Waals surface area (Å²) in [5.41, 5.74) is 0.880. The van der Waals surface area contributed by atoms with Crippen molar-refractivity contribution in [1.29, 1.82) is 0 Å². The number of nitrogens with zero attached hydrogens (tertiary/aromatic N) is 3. The number of benzene rings is 1. The summed E-state index contributed by atoms with van der Waals surface area (Å²) in [4.78, 5) is 24.7. The van der Waals surface area contributed by atoms with E-state index in [1.807, 2.05) is 6.92 Å². The monoisotopic (exact) mass is 412 g/mol. The third-order valence-corrected chi connectivity index (χ3v) is 4.47. The highest BCUT2D eigenvalue weighted by atomic mass is 35.5. The van der Waals surface area contributed by atoms with Gasteiger partial charge in [-0.3, -0.25) is 9.59 Å². The predicted octanol–water partition coefficient (Wildman–Crippen LogP) is 2.28. The summed E-state index contributed by atoms with van der Waals surface area (Å²) in [7, 11) is 0. The maximum Gasteiger partial charge on any atom is 0.277 e. The third kappa shape index (κ3) is 5.18. The van der Waals surface area contributed by atoms with Crippen LogP contribution in [0.5, 0.6) is 0 Å². The number of rotatable bonds is 5. The van der Waals surface area contributed by atoms with Gasteiger partial charge in [-0.2, -0.15) is 0 Å². The first-order valence-corrected chi connectivity index (χ1v) is 8.98. The van der Waals surface area contributed by atoms with E-state index in [-0.39, 0.29) is 30.0 Å². The van der Waals surface area contributed by atoms with Crippen LogP contribution in [-0.2, 0) is 0 Å². The van der Waals surface area contributed by atoms with Crippen molar-refractivity contribution in [1.82, 2.24) is 25.6 Å². The first-order chi connectivity index (χ1) is 12.6. The quantitative estimate of drug-likeness (QED) is 0.698. The lowest BCUT2D eigenvalue weighted by molar-refractivity contribution is 0.0956. The molecule has 1 aromatic heterocycles. The average Bonchev–Trinajstić information content (AvgIpc) is 3.13. The maximum absolute atomic E-state index is 12.5. The van der Waals surface area contributed by atoms with E-state index in [4.69, 9.17) is 11.6 Å². The van der Waals surface area contributed by atoms with Crippen molar-refractivity contribution in [2.45, 2.75) is 25.8 Å². The van der Waals surface area contributed by atoms with E-state index in [9.17, 15) is 9.59 Å². The number of amides is 2. The van der Waals surface area contributed by atoms with Crippen molar-refractivity contribution in [3.63, 3.8) is 0 Å². The van der Waals surface area contributed by atoms with Crippen molar-refractivity contribution in [3.8, 4) is 0 Å². The fourth-order valence-corrected chi connectivity index (χ4v) is 3.06. The van der Waals surface area contributed by atoms with E-state index in [0.29, 0.717) is 22.8 Å². The summed E-state index contributed by atoms with van der Waals surface area (Å²) in [5, 5.41) is 17.2. The van der Waals surface area contributed by atoms with Gasteiger partial charge in [-0.15, -0.1) is 17.5 Å². The topological polar surface area (TPSA) is 101 Å². The predicted molar refractivity (Wildman–Crippen MR) is 106 cm³/mol. The molecule has 2 aromatic rings. The van der Waals surface area contributed by atoms with Gasteiger partial charge in [0.05, 0.1) is 23.5 Å². The second-order valence-electron chi connectivity index (χ2n) is 6.07. The number of aromatic nitrogens is 3. The maximum atomic E-state index is 12.5. The number of hydrogen-bond acceptors (Lipinski definition) is 5. The zero-order chi connectivity index (χ0) is 18.5. The van der Waals surface area contributed by atoms with Gasteiger partial charge in [0.2, 0.25) is 0 Å². The number of anilines is 1. The molecule has 3 N–H and O–H groups in total. The third-order valence-electron chi connectivity index (χ3n) is 4.24. The Balaban J connectivity index is 0.00000261. The normalized spacial score (nSPS) is 14.3. The molecule has 1 aromatic carbocycles. The lowest BCUT2D eigenvalue weighted by atomic mass is 10.1. The molecule has 1 fully saturated rings. The van der Waals surface area contributed by atoms with Crippen LogP contribution in [0, 0.1) is 0 Å². The largest absolute Gasteiger partial charge is 0.352 e. The average molecular weight is 413 g/mol. The molecule has 27 heavy (non-hydrogen) atoms. The molecule has 0 radical (unpaired) electrons. The molecule has 10 heteroatoms. The minimum atomic E-state index is -0.432. The van der Waals surface area contributed by atoms with Crippen molar-refractivity contribution >= 4 is 41.5 Å². The Kier molecular flexibility index (Phi) is 7.58. The van der Waals surface area contributed by atoms with Crippen LogP contribution >= 0.6 is 24.0 Å². The van der Waals surface area contributed by atoms with E-state index in [0.717, 1.165) is 25.9 Å². The van der Waals surface area contributed by atoms with Crippen molar-refractivity contribution < 1.29 is 9.59 Å². The Morgan fingerprint density at radius 1 is 1.30 bits per heavy atom. The van der Waals surface area contributed by atoms with Gasteiger partial charge in [0, 0.05) is 11.6 Å². The molecule has 8 nitrogen and oxygen atoms in total. The Hall–Kier alpha value is -2.16. The van der Waals surface area contributed by atoms with Gasteiger partial charge in [0.15, 0.2) is 5.69 Å². The molecule has 2 amide bonds. The minimum absolute atomic E-state index is 0. The number of hydrogen-bond donors (Lipinski definition) is 3. The first kappa shape index (κ1) is 21.1. The first-order valence-electron chi connectivity index (χ1n) is 8.60. The lowest BCUT2D eigenvalue weighted by Crippen LogP contribution is -2.29. The summed E-state index contributed by atoms with van der Waals surface area (Å²) in [6.45, 7) is 4.15. The van der Waals surface area contributed by atoms with Gasteiger partial charge >= 0.3 is 0 Å². The van der Waals surface area contributed by atoms with E-state index < -0.39 is 5.91 Å². The SMILES string of the molecule is CCNC(=O)c1ccc(Cl)cc1NC(=O)c1cn(C2CCNCC2)nn1.Cl. The zero-order valence-corrected chi connectivity index (χ0v) is 16.4. The highest BCUT2D eigenvalue weighted by Gasteiger charge is 2.20. The molecule has 0 spiro atoms. The molecule has 0 aliphatic carbocycles. The molecule has 0 saturated carbocycles. The smallest absolute Gasteiger partial charge is 0.277 e. The summed E-state index contributed by atoms with van der Waals surface area (Å²) >= 11 is 6.01. The van der Waals surface area contributed by atoms with Crippen LogP contribution < -0.4 is 16.0 Å². The van der Waals surface area contributed by atoms with Gasteiger partial charge in [0.1, 0.15) is 0 Å². The van der Waals surface area contributed by atoms with E-state index in [1.54, 1.807) is 29.1 Å². The highest BCUT2D eigenvalue weighted by molar-refractivity contribution is 6.31. The molecule has 0 bridgehead atoms. The van der Waals surface area contributed by atoms with Crippen LogP contribution in [0.25, 0.3) is 0 Å². The second-order valence-corrected chi connectivity index (χ2v) is 6.50. The van der Waals surface area contributed by atoms with E-state index >= 15 is 0 Å². The molecule has 1 saturated heterocycles. The van der Waals surface area contributed by atoms with Crippen molar-refractivity contribution in [2.75, 3.05) is 25.0 Å². The Labute approximate surface area is 168 Å². The van der Waals surface area contributed by atoms with Gasteiger partial charge in [-0.1, -0.05) is 16.8 Å². The molecule has 0 unspecified atom stereocenters. The van der Waals surface area contributed by atoms with Crippen molar-refractivity contribution in [3.05, 3.63) is 40.7 Å².